The van der Waals surface area contributed by atoms with Gasteiger partial charge in [0.2, 0.25) is 0 Å². The number of amides is 1. The van der Waals surface area contributed by atoms with Crippen LogP contribution in [0.25, 0.3) is 20.8 Å². The van der Waals surface area contributed by atoms with Crippen LogP contribution in [0.2, 0.25) is 5.02 Å². The van der Waals surface area contributed by atoms with Crippen LogP contribution in [0.15, 0.2) is 60.7 Å². The lowest BCUT2D eigenvalue weighted by Gasteiger charge is -2.12. The van der Waals surface area contributed by atoms with Gasteiger partial charge >= 0.3 is 0 Å². The number of anilines is 1. The van der Waals surface area contributed by atoms with Gasteiger partial charge in [-0.05, 0) is 61.4 Å². The molecule has 0 saturated carbocycles. The number of nitrogens with one attached hydrogen (secondary N) is 1. The first-order chi connectivity index (χ1) is 14.0. The number of carbonyl (C=O) groups is 1. The molecular weight excluding hydrogens is 404 g/mol. The number of ether oxygens (including phenoxy) is 1. The number of aromatic nitrogens is 1. The average molecular weight is 423 g/mol. The molecule has 1 heterocycles. The van der Waals surface area contributed by atoms with E-state index in [2.05, 4.69) is 5.32 Å². The molecule has 0 aliphatic heterocycles. The van der Waals surface area contributed by atoms with Gasteiger partial charge in [0.05, 0.1) is 15.9 Å². The predicted octanol–water partition coefficient (Wildman–Crippen LogP) is 6.25. The van der Waals surface area contributed by atoms with E-state index in [-0.39, 0.29) is 12.5 Å². The van der Waals surface area contributed by atoms with Crippen molar-refractivity contribution in [2.45, 2.75) is 13.8 Å². The summed E-state index contributed by atoms with van der Waals surface area (Å²) >= 11 is 7.79. The van der Waals surface area contributed by atoms with Crippen molar-refractivity contribution in [3.8, 4) is 16.3 Å². The molecule has 29 heavy (non-hydrogen) atoms. The Balaban J connectivity index is 1.50. The molecule has 0 bridgehead atoms. The minimum Gasteiger partial charge on any atom is -0.484 e. The first kappa shape index (κ1) is 19.4. The lowest BCUT2D eigenvalue weighted by Crippen LogP contribution is -2.20. The van der Waals surface area contributed by atoms with Gasteiger partial charge in [0, 0.05) is 10.6 Å². The van der Waals surface area contributed by atoms with E-state index >= 15 is 0 Å². The van der Waals surface area contributed by atoms with Gasteiger partial charge in [-0.3, -0.25) is 4.79 Å². The van der Waals surface area contributed by atoms with E-state index in [1.807, 2.05) is 74.5 Å². The van der Waals surface area contributed by atoms with Gasteiger partial charge in [0.1, 0.15) is 10.8 Å². The maximum atomic E-state index is 12.5. The van der Waals surface area contributed by atoms with Crippen LogP contribution in [0.5, 0.6) is 5.75 Å². The van der Waals surface area contributed by atoms with E-state index in [9.17, 15) is 4.79 Å². The highest BCUT2D eigenvalue weighted by Crippen LogP contribution is 2.34. The smallest absolute Gasteiger partial charge is 0.262 e. The van der Waals surface area contributed by atoms with Crippen molar-refractivity contribution >= 4 is 44.7 Å². The third-order valence-electron chi connectivity index (χ3n) is 4.51. The number of aryl methyl sites for hydroxylation is 2. The Morgan fingerprint density at radius 2 is 1.76 bits per heavy atom. The molecule has 4 aromatic rings. The molecule has 0 radical (unpaired) electrons. The molecule has 1 aromatic heterocycles. The van der Waals surface area contributed by atoms with Crippen molar-refractivity contribution in [3.05, 3.63) is 76.8 Å². The summed E-state index contributed by atoms with van der Waals surface area (Å²) in [5.74, 6) is 0.392. The molecule has 6 heteroatoms. The Hall–Kier alpha value is -2.89. The van der Waals surface area contributed by atoms with Crippen LogP contribution in [0.3, 0.4) is 0 Å². The summed E-state index contributed by atoms with van der Waals surface area (Å²) in [6.07, 6.45) is 0. The van der Waals surface area contributed by atoms with Gasteiger partial charge in [-0.2, -0.15) is 0 Å². The van der Waals surface area contributed by atoms with Gasteiger partial charge in [0.15, 0.2) is 6.61 Å². The molecule has 1 N–H and O–H groups in total. The Morgan fingerprint density at radius 3 is 2.52 bits per heavy atom. The SMILES string of the molecule is Cc1cc(OCC(=O)Nc2ccccc2-c2nc3ccccc3s2)cc(C)c1Cl. The highest BCUT2D eigenvalue weighted by Gasteiger charge is 2.13. The van der Waals surface area contributed by atoms with Crippen molar-refractivity contribution in [2.75, 3.05) is 11.9 Å². The molecule has 0 fully saturated rings. The number of thiazole rings is 1. The fourth-order valence-corrected chi connectivity index (χ4v) is 4.20. The summed E-state index contributed by atoms with van der Waals surface area (Å²) in [5.41, 5.74) is 4.39. The minimum atomic E-state index is -0.233. The second-order valence-corrected chi connectivity index (χ2v) is 8.15. The van der Waals surface area contributed by atoms with Crippen LogP contribution < -0.4 is 10.1 Å². The second-order valence-electron chi connectivity index (χ2n) is 6.74. The van der Waals surface area contributed by atoms with Crippen LogP contribution in [0, 0.1) is 13.8 Å². The number of nitrogens with zero attached hydrogens (tertiary/aromatic N) is 1. The molecule has 3 aromatic carbocycles. The zero-order valence-corrected chi connectivity index (χ0v) is 17.6. The highest BCUT2D eigenvalue weighted by atomic mass is 35.5. The lowest BCUT2D eigenvalue weighted by molar-refractivity contribution is -0.118. The van der Waals surface area contributed by atoms with Crippen molar-refractivity contribution in [2.24, 2.45) is 0 Å². The van der Waals surface area contributed by atoms with Crippen LogP contribution in [0.4, 0.5) is 5.69 Å². The van der Waals surface area contributed by atoms with Crippen molar-refractivity contribution in [1.29, 1.82) is 0 Å². The fraction of sp³-hybridized carbons (Fsp3) is 0.130. The first-order valence-electron chi connectivity index (χ1n) is 9.15. The molecule has 0 unspecified atom stereocenters. The summed E-state index contributed by atoms with van der Waals surface area (Å²) in [6.45, 7) is 3.74. The highest BCUT2D eigenvalue weighted by molar-refractivity contribution is 7.21. The number of carbonyl (C=O) groups excluding carboxylic acids is 1. The zero-order valence-electron chi connectivity index (χ0n) is 16.0. The number of hydrogen-bond acceptors (Lipinski definition) is 4. The number of halogens is 1. The number of rotatable bonds is 5. The number of para-hydroxylation sites is 2. The normalized spacial score (nSPS) is 10.9. The van der Waals surface area contributed by atoms with E-state index in [0.717, 1.165) is 31.9 Å². The van der Waals surface area contributed by atoms with Crippen LogP contribution in [0.1, 0.15) is 11.1 Å². The Morgan fingerprint density at radius 1 is 1.07 bits per heavy atom. The predicted molar refractivity (Wildman–Crippen MR) is 120 cm³/mol. The van der Waals surface area contributed by atoms with E-state index < -0.39 is 0 Å². The maximum absolute atomic E-state index is 12.5. The minimum absolute atomic E-state index is 0.0886. The summed E-state index contributed by atoms with van der Waals surface area (Å²) < 4.78 is 6.78. The quantitative estimate of drug-likeness (QED) is 0.413. The van der Waals surface area contributed by atoms with Gasteiger partial charge in [-0.15, -0.1) is 11.3 Å². The molecule has 1 amide bonds. The van der Waals surface area contributed by atoms with Crippen LogP contribution >= 0.6 is 22.9 Å². The molecule has 4 nitrogen and oxygen atoms in total. The van der Waals surface area contributed by atoms with Gasteiger partial charge in [0.25, 0.3) is 5.91 Å². The van der Waals surface area contributed by atoms with Gasteiger partial charge < -0.3 is 10.1 Å². The molecular formula is C23H19ClN2O2S. The number of fused-ring (bicyclic) bond motifs is 1. The van der Waals surface area contributed by atoms with Crippen molar-refractivity contribution < 1.29 is 9.53 Å². The molecule has 146 valence electrons. The van der Waals surface area contributed by atoms with Crippen LogP contribution in [-0.2, 0) is 4.79 Å². The van der Waals surface area contributed by atoms with E-state index in [1.165, 1.54) is 0 Å². The fourth-order valence-electron chi connectivity index (χ4n) is 3.09. The molecule has 0 aliphatic rings. The van der Waals surface area contributed by atoms with Crippen molar-refractivity contribution in [3.63, 3.8) is 0 Å². The second kappa shape index (κ2) is 8.23. The van der Waals surface area contributed by atoms with Gasteiger partial charge in [-0.25, -0.2) is 4.98 Å². The number of benzene rings is 3. The summed E-state index contributed by atoms with van der Waals surface area (Å²) in [6, 6.07) is 19.3. The van der Waals surface area contributed by atoms with E-state index in [0.29, 0.717) is 16.5 Å². The molecule has 0 atom stereocenters. The Labute approximate surface area is 178 Å². The monoisotopic (exact) mass is 422 g/mol. The lowest BCUT2D eigenvalue weighted by atomic mass is 10.1. The zero-order chi connectivity index (χ0) is 20.4. The molecule has 0 saturated heterocycles. The first-order valence-corrected chi connectivity index (χ1v) is 10.3. The van der Waals surface area contributed by atoms with E-state index in [1.54, 1.807) is 11.3 Å². The Kier molecular flexibility index (Phi) is 5.51. The maximum Gasteiger partial charge on any atom is 0.262 e. The average Bonchev–Trinajstić information content (AvgIpc) is 3.15. The molecule has 0 aliphatic carbocycles. The topological polar surface area (TPSA) is 51.2 Å². The van der Waals surface area contributed by atoms with E-state index in [4.69, 9.17) is 21.3 Å². The third-order valence-corrected chi connectivity index (χ3v) is 6.17. The summed E-state index contributed by atoms with van der Waals surface area (Å²) in [5, 5.41) is 4.52. The standard InChI is InChI=1S/C23H19ClN2O2S/c1-14-11-16(12-15(2)22(14)24)28-13-21(27)25-18-8-4-3-7-17(18)23-26-19-9-5-6-10-20(19)29-23/h3-12H,13H2,1-2H3,(H,25,27). The van der Waals surface area contributed by atoms with Crippen molar-refractivity contribution in [1.82, 2.24) is 4.98 Å². The third kappa shape index (κ3) is 4.26. The van der Waals surface area contributed by atoms with Gasteiger partial charge in [-0.1, -0.05) is 35.9 Å². The largest absolute Gasteiger partial charge is 0.484 e. The number of hydrogen-bond donors (Lipinski definition) is 1. The Bertz CT molecular complexity index is 1150. The van der Waals surface area contributed by atoms with Crippen LogP contribution in [-0.4, -0.2) is 17.5 Å². The molecule has 4 rings (SSSR count). The summed E-state index contributed by atoms with van der Waals surface area (Å²) in [4.78, 5) is 17.2. The summed E-state index contributed by atoms with van der Waals surface area (Å²) in [7, 11) is 0. The molecule has 0 spiro atoms.